The fraction of sp³-hybridized carbons (Fsp3) is 0.250. The summed E-state index contributed by atoms with van der Waals surface area (Å²) >= 11 is 3.33. The van der Waals surface area contributed by atoms with Crippen molar-refractivity contribution in [3.8, 4) is 0 Å². The zero-order valence-corrected chi connectivity index (χ0v) is 12.7. The Morgan fingerprint density at radius 1 is 1.16 bits per heavy atom. The summed E-state index contributed by atoms with van der Waals surface area (Å²) in [4.78, 5) is 0. The van der Waals surface area contributed by atoms with Crippen LogP contribution in [0.5, 0.6) is 0 Å². The molecule has 100 valence electrons. The second kappa shape index (κ2) is 6.31. The summed E-state index contributed by atoms with van der Waals surface area (Å²) in [6.45, 7) is 2.10. The highest BCUT2D eigenvalue weighted by Gasteiger charge is 2.14. The number of rotatable bonds is 4. The zero-order valence-electron chi connectivity index (χ0n) is 11.1. The molecule has 1 unspecified atom stereocenters. The molecule has 2 aromatic rings. The number of benzene rings is 2. The molecule has 0 radical (unpaired) electrons. The third-order valence-electron chi connectivity index (χ3n) is 3.37. The van der Waals surface area contributed by atoms with Crippen LogP contribution < -0.4 is 5.32 Å². The normalized spacial score (nSPS) is 12.4. The van der Waals surface area contributed by atoms with Gasteiger partial charge in [-0.2, -0.15) is 0 Å². The molecule has 0 saturated carbocycles. The highest BCUT2D eigenvalue weighted by molar-refractivity contribution is 9.10. The van der Waals surface area contributed by atoms with Crippen molar-refractivity contribution in [3.63, 3.8) is 0 Å². The quantitative estimate of drug-likeness (QED) is 0.880. The molecular weight excluding hydrogens is 305 g/mol. The van der Waals surface area contributed by atoms with Gasteiger partial charge in [-0.15, -0.1) is 0 Å². The van der Waals surface area contributed by atoms with Crippen LogP contribution in [0.4, 0.5) is 4.39 Å². The minimum absolute atomic E-state index is 0.180. The van der Waals surface area contributed by atoms with Gasteiger partial charge in [0, 0.05) is 6.04 Å². The lowest BCUT2D eigenvalue weighted by Crippen LogP contribution is -2.20. The number of nitrogens with one attached hydrogen (secondary N) is 1. The van der Waals surface area contributed by atoms with E-state index in [0.29, 0.717) is 4.47 Å². The van der Waals surface area contributed by atoms with Crippen molar-refractivity contribution < 1.29 is 4.39 Å². The van der Waals surface area contributed by atoms with Gasteiger partial charge in [-0.3, -0.25) is 0 Å². The van der Waals surface area contributed by atoms with Crippen LogP contribution in [0.2, 0.25) is 0 Å². The molecule has 0 aliphatic heterocycles. The first-order valence-electron chi connectivity index (χ1n) is 6.29. The Balaban J connectivity index is 2.30. The summed E-state index contributed by atoms with van der Waals surface area (Å²) in [6.07, 6.45) is 0.750. The van der Waals surface area contributed by atoms with Crippen molar-refractivity contribution in [2.45, 2.75) is 19.4 Å². The molecule has 0 aromatic heterocycles. The Bertz CT molecular complexity index is 568. The van der Waals surface area contributed by atoms with Crippen molar-refractivity contribution in [1.82, 2.24) is 5.32 Å². The number of halogens is 2. The fourth-order valence-corrected chi connectivity index (χ4v) is 2.70. The van der Waals surface area contributed by atoms with Gasteiger partial charge in [-0.05, 0) is 59.1 Å². The first-order chi connectivity index (χ1) is 9.13. The first kappa shape index (κ1) is 14.2. The van der Waals surface area contributed by atoms with E-state index in [9.17, 15) is 4.39 Å². The lowest BCUT2D eigenvalue weighted by atomic mass is 9.95. The van der Waals surface area contributed by atoms with Crippen LogP contribution in [0.1, 0.15) is 22.7 Å². The van der Waals surface area contributed by atoms with Gasteiger partial charge in [0.1, 0.15) is 5.82 Å². The highest BCUT2D eigenvalue weighted by Crippen LogP contribution is 2.27. The summed E-state index contributed by atoms with van der Waals surface area (Å²) in [5.74, 6) is -0.211. The van der Waals surface area contributed by atoms with E-state index >= 15 is 0 Å². The van der Waals surface area contributed by atoms with Crippen LogP contribution in [0.25, 0.3) is 0 Å². The number of likely N-dealkylation sites (N-methyl/N-ethyl adjacent to an activating group) is 1. The Morgan fingerprint density at radius 2 is 1.89 bits per heavy atom. The van der Waals surface area contributed by atoms with E-state index < -0.39 is 0 Å². The molecule has 1 nitrogen and oxygen atoms in total. The van der Waals surface area contributed by atoms with Gasteiger partial charge in [0.25, 0.3) is 0 Å². The molecule has 0 spiro atoms. The summed E-state index contributed by atoms with van der Waals surface area (Å²) in [7, 11) is 1.93. The fourth-order valence-electron chi connectivity index (χ4n) is 2.27. The summed E-state index contributed by atoms with van der Waals surface area (Å²) in [5.41, 5.74) is 3.47. The predicted molar refractivity (Wildman–Crippen MR) is 80.8 cm³/mol. The van der Waals surface area contributed by atoms with Crippen molar-refractivity contribution in [2.75, 3.05) is 7.05 Å². The predicted octanol–water partition coefficient (Wildman–Crippen LogP) is 4.40. The smallest absolute Gasteiger partial charge is 0.137 e. The van der Waals surface area contributed by atoms with E-state index in [1.54, 1.807) is 6.07 Å². The zero-order chi connectivity index (χ0) is 13.8. The van der Waals surface area contributed by atoms with Gasteiger partial charge in [-0.25, -0.2) is 4.39 Å². The molecule has 0 aliphatic rings. The average molecular weight is 322 g/mol. The number of aryl methyl sites for hydroxylation is 1. The summed E-state index contributed by atoms with van der Waals surface area (Å²) < 4.78 is 14.1. The second-order valence-electron chi connectivity index (χ2n) is 4.61. The maximum absolute atomic E-state index is 13.5. The molecule has 0 heterocycles. The second-order valence-corrected chi connectivity index (χ2v) is 5.41. The van der Waals surface area contributed by atoms with Gasteiger partial charge in [0.15, 0.2) is 0 Å². The van der Waals surface area contributed by atoms with E-state index in [2.05, 4.69) is 40.3 Å². The minimum atomic E-state index is -0.211. The molecule has 0 bridgehead atoms. The maximum atomic E-state index is 13.5. The van der Waals surface area contributed by atoms with Crippen molar-refractivity contribution in [3.05, 3.63) is 69.4 Å². The largest absolute Gasteiger partial charge is 0.313 e. The molecule has 0 amide bonds. The first-order valence-corrected chi connectivity index (χ1v) is 7.08. The van der Waals surface area contributed by atoms with E-state index in [-0.39, 0.29) is 11.9 Å². The number of hydrogen-bond donors (Lipinski definition) is 1. The van der Waals surface area contributed by atoms with Gasteiger partial charge >= 0.3 is 0 Å². The Kier molecular flexibility index (Phi) is 4.72. The van der Waals surface area contributed by atoms with Crippen molar-refractivity contribution in [1.29, 1.82) is 0 Å². The molecular formula is C16H17BrFN. The third-order valence-corrected chi connectivity index (χ3v) is 4.26. The lowest BCUT2D eigenvalue weighted by molar-refractivity contribution is 0.578. The SMILES string of the molecule is CNC(Cc1cccc(F)c1Br)c1ccccc1C. The van der Waals surface area contributed by atoms with Crippen LogP contribution in [0.15, 0.2) is 46.9 Å². The molecule has 1 N–H and O–H groups in total. The van der Waals surface area contributed by atoms with Crippen LogP contribution in [-0.4, -0.2) is 7.05 Å². The van der Waals surface area contributed by atoms with Crippen LogP contribution in [-0.2, 0) is 6.42 Å². The monoisotopic (exact) mass is 321 g/mol. The van der Waals surface area contributed by atoms with E-state index in [4.69, 9.17) is 0 Å². The molecule has 19 heavy (non-hydrogen) atoms. The lowest BCUT2D eigenvalue weighted by Gasteiger charge is -2.19. The van der Waals surface area contributed by atoms with Crippen molar-refractivity contribution in [2.24, 2.45) is 0 Å². The number of hydrogen-bond acceptors (Lipinski definition) is 1. The molecule has 1 atom stereocenters. The van der Waals surface area contributed by atoms with Gasteiger partial charge in [0.05, 0.1) is 4.47 Å². The molecule has 3 heteroatoms. The standard InChI is InChI=1S/C16H17BrFN/c1-11-6-3-4-8-13(11)15(19-2)10-12-7-5-9-14(18)16(12)17/h3-9,15,19H,10H2,1-2H3. The molecule has 0 fully saturated rings. The maximum Gasteiger partial charge on any atom is 0.137 e. The van der Waals surface area contributed by atoms with Crippen LogP contribution >= 0.6 is 15.9 Å². The molecule has 2 aromatic carbocycles. The average Bonchev–Trinajstić information content (AvgIpc) is 2.41. The van der Waals surface area contributed by atoms with E-state index in [0.717, 1.165) is 12.0 Å². The van der Waals surface area contributed by atoms with E-state index in [1.165, 1.54) is 17.2 Å². The molecule has 0 aliphatic carbocycles. The summed E-state index contributed by atoms with van der Waals surface area (Å²) in [5, 5.41) is 3.31. The topological polar surface area (TPSA) is 12.0 Å². The van der Waals surface area contributed by atoms with Gasteiger partial charge < -0.3 is 5.32 Å². The Morgan fingerprint density at radius 3 is 2.58 bits per heavy atom. The minimum Gasteiger partial charge on any atom is -0.313 e. The van der Waals surface area contributed by atoms with Crippen LogP contribution in [0.3, 0.4) is 0 Å². The van der Waals surface area contributed by atoms with Gasteiger partial charge in [0.2, 0.25) is 0 Å². The Hall–Kier alpha value is -1.19. The van der Waals surface area contributed by atoms with Crippen LogP contribution in [0, 0.1) is 12.7 Å². The molecule has 2 rings (SSSR count). The highest BCUT2D eigenvalue weighted by atomic mass is 79.9. The summed E-state index contributed by atoms with van der Waals surface area (Å²) in [6, 6.07) is 13.6. The van der Waals surface area contributed by atoms with Crippen molar-refractivity contribution >= 4 is 15.9 Å². The third kappa shape index (κ3) is 3.23. The van der Waals surface area contributed by atoms with Gasteiger partial charge in [-0.1, -0.05) is 36.4 Å². The van der Waals surface area contributed by atoms with E-state index in [1.807, 2.05) is 25.2 Å². The molecule has 0 saturated heterocycles. The Labute approximate surface area is 122 Å².